The number of phenols is 1. The van der Waals surface area contributed by atoms with Crippen molar-refractivity contribution in [2.75, 3.05) is 6.61 Å². The van der Waals surface area contributed by atoms with E-state index in [4.69, 9.17) is 4.74 Å². The van der Waals surface area contributed by atoms with E-state index in [2.05, 4.69) is 26.5 Å². The van der Waals surface area contributed by atoms with Gasteiger partial charge >= 0.3 is 0 Å². The van der Waals surface area contributed by atoms with Gasteiger partial charge in [0.1, 0.15) is 11.5 Å². The van der Waals surface area contributed by atoms with Crippen molar-refractivity contribution in [3.8, 4) is 11.5 Å². The van der Waals surface area contributed by atoms with Gasteiger partial charge in [0.05, 0.1) is 11.1 Å². The van der Waals surface area contributed by atoms with E-state index in [0.717, 1.165) is 27.9 Å². The lowest BCUT2D eigenvalue weighted by Crippen LogP contribution is -2.25. The van der Waals surface area contributed by atoms with E-state index in [1.54, 1.807) is 0 Å². The van der Waals surface area contributed by atoms with Gasteiger partial charge in [0.25, 0.3) is 11.6 Å². The van der Waals surface area contributed by atoms with Crippen molar-refractivity contribution in [2.45, 2.75) is 26.7 Å². The Kier molecular flexibility index (Phi) is 7.11. The van der Waals surface area contributed by atoms with E-state index in [-0.39, 0.29) is 29.5 Å². The summed E-state index contributed by atoms with van der Waals surface area (Å²) in [5.41, 5.74) is 4.14. The van der Waals surface area contributed by atoms with Crippen molar-refractivity contribution in [1.29, 1.82) is 0 Å². The summed E-state index contributed by atoms with van der Waals surface area (Å²) in [6, 6.07) is 7.34. The van der Waals surface area contributed by atoms with Crippen LogP contribution < -0.4 is 10.2 Å². The zero-order valence-electron chi connectivity index (χ0n) is 15.6. The molecule has 0 spiro atoms. The van der Waals surface area contributed by atoms with Crippen LogP contribution in [0.25, 0.3) is 0 Å². The van der Waals surface area contributed by atoms with E-state index in [0.29, 0.717) is 5.75 Å². The molecule has 8 nitrogen and oxygen atoms in total. The summed E-state index contributed by atoms with van der Waals surface area (Å²) in [6.45, 7) is 5.73. The molecular formula is C19H20BrN3O5. The number of hydrogen-bond acceptors (Lipinski definition) is 6. The number of carbonyl (C=O) groups excluding carboxylic acids is 1. The van der Waals surface area contributed by atoms with Crippen LogP contribution in [-0.2, 0) is 4.79 Å². The van der Waals surface area contributed by atoms with Crippen LogP contribution in [-0.4, -0.2) is 28.8 Å². The number of benzene rings is 2. The number of aryl methyl sites for hydroxylation is 1. The Balaban J connectivity index is 2.01. The third-order valence-corrected chi connectivity index (χ3v) is 4.74. The predicted octanol–water partition coefficient (Wildman–Crippen LogP) is 4.02. The SMILES string of the molecule is Cc1cc(OCC(=O)NN=Cc2cc([N+](=O)[O-])ccc2O)c(C(C)C)cc1Br. The average molecular weight is 450 g/mol. The van der Waals surface area contributed by atoms with Gasteiger partial charge in [-0.1, -0.05) is 29.8 Å². The summed E-state index contributed by atoms with van der Waals surface area (Å²) >= 11 is 3.49. The second kappa shape index (κ2) is 9.32. The Morgan fingerprint density at radius 2 is 2.11 bits per heavy atom. The number of phenolic OH excluding ortho intramolecular Hbond substituents is 1. The normalized spacial score (nSPS) is 11.0. The summed E-state index contributed by atoms with van der Waals surface area (Å²) in [7, 11) is 0. The molecule has 0 bridgehead atoms. The van der Waals surface area contributed by atoms with E-state index in [1.807, 2.05) is 32.9 Å². The van der Waals surface area contributed by atoms with Crippen LogP contribution in [0.15, 0.2) is 39.9 Å². The van der Waals surface area contributed by atoms with Crippen LogP contribution in [0.2, 0.25) is 0 Å². The molecular weight excluding hydrogens is 430 g/mol. The number of carbonyl (C=O) groups is 1. The van der Waals surface area contributed by atoms with Gasteiger partial charge < -0.3 is 9.84 Å². The monoisotopic (exact) mass is 449 g/mol. The van der Waals surface area contributed by atoms with Crippen LogP contribution in [0.5, 0.6) is 11.5 Å². The highest BCUT2D eigenvalue weighted by atomic mass is 79.9. The predicted molar refractivity (Wildman–Crippen MR) is 109 cm³/mol. The molecule has 2 aromatic rings. The molecule has 0 atom stereocenters. The summed E-state index contributed by atoms with van der Waals surface area (Å²) < 4.78 is 6.59. The topological polar surface area (TPSA) is 114 Å². The minimum absolute atomic E-state index is 0.112. The Morgan fingerprint density at radius 1 is 1.39 bits per heavy atom. The Bertz CT molecular complexity index is 928. The number of amides is 1. The molecule has 28 heavy (non-hydrogen) atoms. The van der Waals surface area contributed by atoms with Crippen LogP contribution in [0.1, 0.15) is 36.5 Å². The third-order valence-electron chi connectivity index (χ3n) is 3.89. The molecule has 2 N–H and O–H groups in total. The summed E-state index contributed by atoms with van der Waals surface area (Å²) in [6.07, 6.45) is 1.13. The fourth-order valence-corrected chi connectivity index (χ4v) is 2.72. The van der Waals surface area contributed by atoms with Gasteiger partial charge in [-0.2, -0.15) is 5.10 Å². The quantitative estimate of drug-likeness (QED) is 0.376. The number of hydrazone groups is 1. The minimum Gasteiger partial charge on any atom is -0.507 e. The van der Waals surface area contributed by atoms with Gasteiger partial charge in [-0.05, 0) is 42.2 Å². The molecule has 2 rings (SSSR count). The second-order valence-corrected chi connectivity index (χ2v) is 7.23. The number of rotatable bonds is 7. The number of hydrogen-bond donors (Lipinski definition) is 2. The maximum absolute atomic E-state index is 12.0. The molecule has 2 aromatic carbocycles. The smallest absolute Gasteiger partial charge is 0.277 e. The molecule has 0 heterocycles. The third kappa shape index (κ3) is 5.53. The molecule has 0 aromatic heterocycles. The summed E-state index contributed by atoms with van der Waals surface area (Å²) in [5, 5.41) is 24.2. The van der Waals surface area contributed by atoms with E-state index in [9.17, 15) is 20.0 Å². The van der Waals surface area contributed by atoms with Gasteiger partial charge in [0.2, 0.25) is 0 Å². The van der Waals surface area contributed by atoms with Crippen molar-refractivity contribution in [1.82, 2.24) is 5.43 Å². The van der Waals surface area contributed by atoms with Gasteiger partial charge in [-0.25, -0.2) is 5.43 Å². The van der Waals surface area contributed by atoms with Crippen molar-refractivity contribution < 1.29 is 19.6 Å². The summed E-state index contributed by atoms with van der Waals surface area (Å²) in [5.74, 6) is 0.138. The largest absolute Gasteiger partial charge is 0.507 e. The molecule has 0 aliphatic heterocycles. The summed E-state index contributed by atoms with van der Waals surface area (Å²) in [4.78, 5) is 22.2. The molecule has 0 saturated heterocycles. The van der Waals surface area contributed by atoms with Crippen LogP contribution >= 0.6 is 15.9 Å². The number of nitrogens with one attached hydrogen (secondary N) is 1. The first-order valence-corrected chi connectivity index (χ1v) is 9.20. The first kappa shape index (κ1) is 21.4. The highest BCUT2D eigenvalue weighted by Crippen LogP contribution is 2.32. The number of ether oxygens (including phenoxy) is 1. The standard InChI is InChI=1S/C19H20BrN3O5/c1-11(2)15-8-16(20)12(3)6-18(15)28-10-19(25)22-21-9-13-7-14(23(26)27)4-5-17(13)24/h4-9,11,24H,10H2,1-3H3,(H,22,25). The van der Waals surface area contributed by atoms with Crippen LogP contribution in [0, 0.1) is 17.0 Å². The van der Waals surface area contributed by atoms with Crippen molar-refractivity contribution in [3.05, 3.63) is 61.6 Å². The molecule has 0 radical (unpaired) electrons. The van der Waals surface area contributed by atoms with E-state index >= 15 is 0 Å². The highest BCUT2D eigenvalue weighted by Gasteiger charge is 2.13. The molecule has 0 fully saturated rings. The average Bonchev–Trinajstić information content (AvgIpc) is 2.63. The molecule has 0 aliphatic rings. The lowest BCUT2D eigenvalue weighted by Gasteiger charge is -2.15. The van der Waals surface area contributed by atoms with Gasteiger partial charge in [-0.3, -0.25) is 14.9 Å². The maximum Gasteiger partial charge on any atom is 0.277 e. The fraction of sp³-hybridized carbons (Fsp3) is 0.263. The number of non-ortho nitro benzene ring substituents is 1. The van der Waals surface area contributed by atoms with Crippen LogP contribution in [0.4, 0.5) is 5.69 Å². The number of nitro benzene ring substituents is 1. The van der Waals surface area contributed by atoms with E-state index in [1.165, 1.54) is 12.1 Å². The lowest BCUT2D eigenvalue weighted by atomic mass is 10.0. The zero-order valence-corrected chi connectivity index (χ0v) is 17.2. The van der Waals surface area contributed by atoms with Gasteiger partial charge in [0.15, 0.2) is 6.61 Å². The molecule has 0 saturated carbocycles. The first-order chi connectivity index (χ1) is 13.2. The second-order valence-electron chi connectivity index (χ2n) is 6.38. The Labute approximate surface area is 170 Å². The molecule has 0 aliphatic carbocycles. The number of nitro groups is 1. The number of nitrogens with zero attached hydrogens (tertiary/aromatic N) is 2. The van der Waals surface area contributed by atoms with Gasteiger partial charge in [0, 0.05) is 22.2 Å². The number of halogens is 1. The lowest BCUT2D eigenvalue weighted by molar-refractivity contribution is -0.384. The Morgan fingerprint density at radius 3 is 2.75 bits per heavy atom. The molecule has 9 heteroatoms. The highest BCUT2D eigenvalue weighted by molar-refractivity contribution is 9.10. The van der Waals surface area contributed by atoms with Crippen LogP contribution in [0.3, 0.4) is 0 Å². The minimum atomic E-state index is -0.588. The Hall–Kier alpha value is -2.94. The molecule has 0 unspecified atom stereocenters. The zero-order chi connectivity index (χ0) is 20.8. The fourth-order valence-electron chi connectivity index (χ4n) is 2.35. The molecule has 1 amide bonds. The molecule has 148 valence electrons. The van der Waals surface area contributed by atoms with Crippen molar-refractivity contribution in [3.63, 3.8) is 0 Å². The first-order valence-electron chi connectivity index (χ1n) is 8.41. The van der Waals surface area contributed by atoms with Crippen molar-refractivity contribution >= 4 is 33.7 Å². The number of aromatic hydroxyl groups is 1. The maximum atomic E-state index is 12.0. The van der Waals surface area contributed by atoms with E-state index < -0.39 is 10.8 Å². The van der Waals surface area contributed by atoms with Gasteiger partial charge in [-0.15, -0.1) is 0 Å². The van der Waals surface area contributed by atoms with Crippen molar-refractivity contribution in [2.24, 2.45) is 5.10 Å².